The van der Waals surface area contributed by atoms with E-state index in [0.717, 1.165) is 89.9 Å². The molecule has 10 heteroatoms. The molecule has 87 heavy (non-hydrogen) atoms. The van der Waals surface area contributed by atoms with Gasteiger partial charge in [-0.05, 0) is 102 Å². The van der Waals surface area contributed by atoms with Crippen LogP contribution >= 0.6 is 7.82 Å². The summed E-state index contributed by atoms with van der Waals surface area (Å²) in [6.45, 7) is 6.84. The number of phosphoric ester groups is 1. The molecule has 0 saturated heterocycles. The zero-order valence-electron chi connectivity index (χ0n) is 58.2. The van der Waals surface area contributed by atoms with Crippen LogP contribution in [0.1, 0.15) is 355 Å². The Balaban J connectivity index is 4.97. The lowest BCUT2D eigenvalue weighted by atomic mass is 10.0. The fraction of sp³-hybridized carbons (Fsp3) is 0.818. The molecule has 0 aliphatic carbocycles. The maximum atomic E-state index is 13.6. The fourth-order valence-corrected chi connectivity index (χ4v) is 11.6. The van der Waals surface area contributed by atoms with Crippen LogP contribution in [0.15, 0.2) is 72.9 Å². The Morgan fingerprint density at radius 1 is 0.402 bits per heavy atom. The molecule has 0 aromatic carbocycles. The van der Waals surface area contributed by atoms with Crippen molar-refractivity contribution in [1.29, 1.82) is 0 Å². The summed E-state index contributed by atoms with van der Waals surface area (Å²) in [6, 6.07) is -0.893. The number of nitrogens with zero attached hydrogens (tertiary/aromatic N) is 1. The van der Waals surface area contributed by atoms with Crippen LogP contribution in [0.5, 0.6) is 0 Å². The molecule has 508 valence electrons. The lowest BCUT2D eigenvalue weighted by molar-refractivity contribution is -0.870. The van der Waals surface area contributed by atoms with Crippen molar-refractivity contribution in [1.82, 2.24) is 5.32 Å². The molecule has 0 spiro atoms. The highest BCUT2D eigenvalue weighted by molar-refractivity contribution is 7.45. The Labute approximate surface area is 540 Å². The third-order valence-corrected chi connectivity index (χ3v) is 17.6. The van der Waals surface area contributed by atoms with Gasteiger partial charge in [-0.3, -0.25) is 14.2 Å². The molecule has 0 aromatic heterocycles. The number of rotatable bonds is 68. The van der Waals surface area contributed by atoms with Crippen molar-refractivity contribution < 1.29 is 37.3 Å². The van der Waals surface area contributed by atoms with Crippen molar-refractivity contribution in [3.63, 3.8) is 0 Å². The summed E-state index contributed by atoms with van der Waals surface area (Å²) in [6.07, 6.45) is 87.5. The number of ether oxygens (including phenoxy) is 1. The second-order valence-electron chi connectivity index (χ2n) is 26.4. The third kappa shape index (κ3) is 67.7. The SMILES string of the molecule is CCCCC/C=C\C/C=C\C/C=C\C/C=C\CCCCCCCCCCCC(=O)OC(/C=C/CCCCCCCCCCC)C(COP(=O)([O-])OCC[N+](C)(C)C)NC(=O)CCCCCCCCCCCCCCCCC/C=C/CCCCCCCC. The van der Waals surface area contributed by atoms with Crippen LogP contribution < -0.4 is 10.2 Å². The number of carbonyl (C=O) groups is 2. The molecule has 3 atom stereocenters. The Bertz CT molecular complexity index is 1720. The first kappa shape index (κ1) is 84.5. The molecule has 9 nitrogen and oxygen atoms in total. The molecule has 0 fully saturated rings. The van der Waals surface area contributed by atoms with Gasteiger partial charge in [0.2, 0.25) is 5.91 Å². The average molecular weight is 1240 g/mol. The molecule has 3 unspecified atom stereocenters. The number of nitrogens with one attached hydrogen (secondary N) is 1. The van der Waals surface area contributed by atoms with E-state index in [-0.39, 0.29) is 31.5 Å². The van der Waals surface area contributed by atoms with E-state index in [0.29, 0.717) is 17.4 Å². The van der Waals surface area contributed by atoms with Gasteiger partial charge in [-0.2, -0.15) is 0 Å². The number of carbonyl (C=O) groups excluding carboxylic acids is 2. The Kier molecular flexibility index (Phi) is 64.4. The minimum Gasteiger partial charge on any atom is -0.756 e. The van der Waals surface area contributed by atoms with Crippen LogP contribution in [0.3, 0.4) is 0 Å². The van der Waals surface area contributed by atoms with Gasteiger partial charge in [-0.25, -0.2) is 0 Å². The normalized spacial score (nSPS) is 13.9. The van der Waals surface area contributed by atoms with Crippen molar-refractivity contribution in [3.05, 3.63) is 72.9 Å². The van der Waals surface area contributed by atoms with Crippen LogP contribution in [0.4, 0.5) is 0 Å². The standard InChI is InChI=1S/C77H143N2O7P/c1-7-10-13-16-19-22-25-27-29-31-33-35-37-39-41-43-45-47-49-51-54-57-60-63-66-69-76(80)78-74(73-85-87(82,83)84-72-71-79(4,5)6)75(68-65-62-59-56-53-24-21-18-15-12-9-3)86-77(81)70-67-64-61-58-55-52-50-48-46-44-42-40-38-36-34-32-30-28-26-23-20-17-14-11-8-2/h20,23,27-30,34,36,40,42,65,68,74-75H,7-19,21-22,24-26,31-33,35,37-39,41,43-64,66-67,69-73H2,1-6H3,(H-,78,80,82,83)/b23-20-,29-27+,30-28-,36-34-,42-40-,68-65+. The lowest BCUT2D eigenvalue weighted by Gasteiger charge is -2.30. The molecular formula is C77H143N2O7P. The second kappa shape index (κ2) is 66.4. The van der Waals surface area contributed by atoms with Gasteiger partial charge in [0.25, 0.3) is 7.82 Å². The van der Waals surface area contributed by atoms with Gasteiger partial charge in [0, 0.05) is 12.8 Å². The molecule has 0 aliphatic heterocycles. The number of phosphoric acid groups is 1. The molecule has 1 amide bonds. The van der Waals surface area contributed by atoms with E-state index >= 15 is 0 Å². The van der Waals surface area contributed by atoms with Crippen LogP contribution in [0.25, 0.3) is 0 Å². The molecule has 0 bridgehead atoms. The highest BCUT2D eigenvalue weighted by Crippen LogP contribution is 2.38. The summed E-state index contributed by atoms with van der Waals surface area (Å²) < 4.78 is 30.5. The number of unbranched alkanes of at least 4 members (excludes halogenated alkanes) is 42. The summed E-state index contributed by atoms with van der Waals surface area (Å²) in [5, 5.41) is 3.05. The summed E-state index contributed by atoms with van der Waals surface area (Å²) in [5.74, 6) is -0.537. The van der Waals surface area contributed by atoms with Crippen molar-refractivity contribution in [3.8, 4) is 0 Å². The van der Waals surface area contributed by atoms with Crippen LogP contribution in [0, 0.1) is 0 Å². The Morgan fingerprint density at radius 2 is 0.701 bits per heavy atom. The number of hydrogen-bond acceptors (Lipinski definition) is 7. The van der Waals surface area contributed by atoms with E-state index < -0.39 is 20.0 Å². The minimum absolute atomic E-state index is 0.0240. The smallest absolute Gasteiger partial charge is 0.306 e. The van der Waals surface area contributed by atoms with Gasteiger partial charge in [-0.1, -0.05) is 312 Å². The van der Waals surface area contributed by atoms with Gasteiger partial charge >= 0.3 is 5.97 Å². The highest BCUT2D eigenvalue weighted by atomic mass is 31.2. The monoisotopic (exact) mass is 1240 g/mol. The summed E-state index contributed by atoms with van der Waals surface area (Å²) in [5.41, 5.74) is 0. The van der Waals surface area contributed by atoms with Gasteiger partial charge in [0.05, 0.1) is 33.8 Å². The summed E-state index contributed by atoms with van der Waals surface area (Å²) >= 11 is 0. The first-order chi connectivity index (χ1) is 42.4. The van der Waals surface area contributed by atoms with Crippen LogP contribution in [0.2, 0.25) is 0 Å². The molecule has 0 saturated carbocycles. The molecule has 1 N–H and O–H groups in total. The second-order valence-corrected chi connectivity index (χ2v) is 27.9. The molecule has 0 radical (unpaired) electrons. The van der Waals surface area contributed by atoms with Crippen LogP contribution in [-0.2, 0) is 27.9 Å². The van der Waals surface area contributed by atoms with E-state index in [1.54, 1.807) is 0 Å². The molecular weight excluding hydrogens is 1100 g/mol. The van der Waals surface area contributed by atoms with Gasteiger partial charge < -0.3 is 28.5 Å². The Hall–Kier alpha value is -2.55. The number of quaternary nitrogens is 1. The summed E-state index contributed by atoms with van der Waals surface area (Å²) in [4.78, 5) is 40.2. The maximum Gasteiger partial charge on any atom is 0.306 e. The molecule has 0 aliphatic rings. The molecule has 0 aromatic rings. The predicted molar refractivity (Wildman–Crippen MR) is 376 cm³/mol. The van der Waals surface area contributed by atoms with E-state index in [1.807, 2.05) is 33.3 Å². The zero-order chi connectivity index (χ0) is 63.5. The first-order valence-corrected chi connectivity index (χ1v) is 38.7. The number of esters is 1. The number of likely N-dealkylation sites (N-methyl/N-ethyl adjacent to an activating group) is 1. The van der Waals surface area contributed by atoms with Crippen molar-refractivity contribution >= 4 is 19.7 Å². The number of hydrogen-bond donors (Lipinski definition) is 1. The van der Waals surface area contributed by atoms with Crippen molar-refractivity contribution in [2.24, 2.45) is 0 Å². The Morgan fingerprint density at radius 3 is 1.08 bits per heavy atom. The summed E-state index contributed by atoms with van der Waals surface area (Å²) in [7, 11) is 1.19. The highest BCUT2D eigenvalue weighted by Gasteiger charge is 2.27. The number of allylic oxidation sites excluding steroid dienone is 11. The molecule has 0 rings (SSSR count). The number of amides is 1. The van der Waals surface area contributed by atoms with Gasteiger partial charge in [0.15, 0.2) is 0 Å². The maximum absolute atomic E-state index is 13.6. The topological polar surface area (TPSA) is 114 Å². The largest absolute Gasteiger partial charge is 0.756 e. The van der Waals surface area contributed by atoms with E-state index in [9.17, 15) is 19.0 Å². The average Bonchev–Trinajstić information content (AvgIpc) is 3.70. The van der Waals surface area contributed by atoms with Crippen molar-refractivity contribution in [2.45, 2.75) is 367 Å². The van der Waals surface area contributed by atoms with Crippen molar-refractivity contribution in [2.75, 3.05) is 40.9 Å². The lowest BCUT2D eigenvalue weighted by Crippen LogP contribution is -2.47. The minimum atomic E-state index is -4.71. The van der Waals surface area contributed by atoms with E-state index in [2.05, 4.69) is 86.8 Å². The fourth-order valence-electron chi connectivity index (χ4n) is 10.9. The zero-order valence-corrected chi connectivity index (χ0v) is 59.1. The molecule has 0 heterocycles. The third-order valence-electron chi connectivity index (χ3n) is 16.6. The van der Waals surface area contributed by atoms with E-state index in [4.69, 9.17) is 13.8 Å². The van der Waals surface area contributed by atoms with E-state index in [1.165, 1.54) is 231 Å². The van der Waals surface area contributed by atoms with Gasteiger partial charge in [-0.15, -0.1) is 0 Å². The predicted octanol–water partition coefficient (Wildman–Crippen LogP) is 23.3. The first-order valence-electron chi connectivity index (χ1n) is 37.2. The van der Waals surface area contributed by atoms with Crippen LogP contribution in [-0.4, -0.2) is 69.4 Å². The van der Waals surface area contributed by atoms with Gasteiger partial charge in [0.1, 0.15) is 19.3 Å². The quantitative estimate of drug-likeness (QED) is 0.0212.